The van der Waals surface area contributed by atoms with Crippen LogP contribution in [0, 0.1) is 17.8 Å². The highest BCUT2D eigenvalue weighted by Crippen LogP contribution is 2.45. The minimum Gasteiger partial charge on any atom is -0.462 e. The molecule has 0 heterocycles. The van der Waals surface area contributed by atoms with Crippen LogP contribution < -0.4 is 0 Å². The molecule has 0 fully saturated rings. The first kappa shape index (κ1) is 89.1. The van der Waals surface area contributed by atoms with Crippen molar-refractivity contribution < 1.29 is 80.2 Å². The maximum atomic E-state index is 13.0. The molecule has 0 saturated carbocycles. The number of aliphatic hydroxyl groups excluding tert-OH is 1. The van der Waals surface area contributed by atoms with Gasteiger partial charge in [-0.2, -0.15) is 0 Å². The van der Waals surface area contributed by atoms with Crippen LogP contribution in [0.5, 0.6) is 0 Å². The maximum absolute atomic E-state index is 13.0. The Morgan fingerprint density at radius 1 is 0.319 bits per heavy atom. The molecule has 0 saturated heterocycles. The number of hydrogen-bond donors (Lipinski definition) is 3. The number of rotatable bonds is 70. The lowest BCUT2D eigenvalue weighted by Crippen LogP contribution is -2.30. The van der Waals surface area contributed by atoms with Crippen molar-refractivity contribution in [3.8, 4) is 0 Å². The number of phosphoric acid groups is 2. The van der Waals surface area contributed by atoms with Crippen LogP contribution in [0.1, 0.15) is 363 Å². The van der Waals surface area contributed by atoms with E-state index in [9.17, 15) is 43.2 Å². The standard InChI is InChI=1S/C72H140O17P2/c1-8-10-11-12-29-39-46-53-69(74)82-59-67(88-72(77)56-49-42-35-28-22-20-24-31-37-44-51-64(5)6)61-86-90(78,79)84-57-66(73)58-85-91(80,81)87-62-68(60-83-70(75)54-47-40-33-26-21-19-23-30-36-43-50-63(3)4)89-71(76)55-48-41-34-27-18-16-14-13-15-17-25-32-38-45-52-65(7)9-2/h63-68,73H,8-62H2,1-7H3,(H,78,79)(H,80,81)/t65?,66-,67+,68+/m0/s1. The quantitative estimate of drug-likeness (QED) is 0.0222. The van der Waals surface area contributed by atoms with E-state index in [1.165, 1.54) is 161 Å². The van der Waals surface area contributed by atoms with Gasteiger partial charge in [-0.3, -0.25) is 37.3 Å². The number of aliphatic hydroxyl groups is 1. The number of esters is 4. The van der Waals surface area contributed by atoms with Gasteiger partial charge in [-0.1, -0.05) is 312 Å². The van der Waals surface area contributed by atoms with E-state index in [1.54, 1.807) is 0 Å². The van der Waals surface area contributed by atoms with Crippen molar-refractivity contribution in [2.75, 3.05) is 39.6 Å². The van der Waals surface area contributed by atoms with E-state index in [0.717, 1.165) is 120 Å². The summed E-state index contributed by atoms with van der Waals surface area (Å²) >= 11 is 0. The average Bonchev–Trinajstić information content (AvgIpc) is 2.87. The Balaban J connectivity index is 5.20. The molecule has 3 unspecified atom stereocenters. The van der Waals surface area contributed by atoms with Crippen LogP contribution in [0.4, 0.5) is 0 Å². The fraction of sp³-hybridized carbons (Fsp3) is 0.944. The van der Waals surface area contributed by atoms with Gasteiger partial charge >= 0.3 is 39.5 Å². The Hall–Kier alpha value is -1.94. The van der Waals surface area contributed by atoms with Gasteiger partial charge in [-0.15, -0.1) is 0 Å². The summed E-state index contributed by atoms with van der Waals surface area (Å²) in [5.74, 6) is 0.229. The molecule has 3 N–H and O–H groups in total. The lowest BCUT2D eigenvalue weighted by atomic mass is 9.99. The molecule has 17 nitrogen and oxygen atoms in total. The Morgan fingerprint density at radius 2 is 0.560 bits per heavy atom. The van der Waals surface area contributed by atoms with Gasteiger partial charge in [-0.25, -0.2) is 9.13 Å². The molecule has 0 aliphatic rings. The molecule has 0 aliphatic heterocycles. The van der Waals surface area contributed by atoms with Crippen molar-refractivity contribution in [2.45, 2.75) is 381 Å². The second-order valence-electron chi connectivity index (χ2n) is 27.2. The van der Waals surface area contributed by atoms with Gasteiger partial charge in [0.1, 0.15) is 19.3 Å². The molecular weight excluding hydrogens is 1200 g/mol. The van der Waals surface area contributed by atoms with Crippen molar-refractivity contribution in [1.82, 2.24) is 0 Å². The van der Waals surface area contributed by atoms with Crippen molar-refractivity contribution in [2.24, 2.45) is 17.8 Å². The van der Waals surface area contributed by atoms with Crippen LogP contribution in [-0.4, -0.2) is 96.7 Å². The first-order chi connectivity index (χ1) is 43.8. The van der Waals surface area contributed by atoms with Crippen LogP contribution in [0.3, 0.4) is 0 Å². The highest BCUT2D eigenvalue weighted by Gasteiger charge is 2.30. The predicted molar refractivity (Wildman–Crippen MR) is 368 cm³/mol. The van der Waals surface area contributed by atoms with E-state index in [4.69, 9.17) is 37.0 Å². The number of phosphoric ester groups is 2. The van der Waals surface area contributed by atoms with Gasteiger partial charge in [0.25, 0.3) is 0 Å². The molecule has 540 valence electrons. The van der Waals surface area contributed by atoms with E-state index in [-0.39, 0.29) is 25.7 Å². The largest absolute Gasteiger partial charge is 0.472 e. The van der Waals surface area contributed by atoms with Crippen molar-refractivity contribution in [3.05, 3.63) is 0 Å². The van der Waals surface area contributed by atoms with Crippen LogP contribution >= 0.6 is 15.6 Å². The zero-order chi connectivity index (χ0) is 67.3. The van der Waals surface area contributed by atoms with Crippen LogP contribution in [0.2, 0.25) is 0 Å². The Morgan fingerprint density at radius 3 is 0.835 bits per heavy atom. The summed E-state index contributed by atoms with van der Waals surface area (Å²) in [7, 11) is -9.90. The lowest BCUT2D eigenvalue weighted by molar-refractivity contribution is -0.161. The van der Waals surface area contributed by atoms with E-state index >= 15 is 0 Å². The van der Waals surface area contributed by atoms with Crippen LogP contribution in [0.25, 0.3) is 0 Å². The second kappa shape index (κ2) is 62.8. The van der Waals surface area contributed by atoms with Gasteiger partial charge in [0.2, 0.25) is 0 Å². The molecule has 19 heteroatoms. The SMILES string of the molecule is CCCCCCCCCC(=O)OC[C@H](COP(=O)(O)OC[C@H](O)COP(=O)(O)OC[C@@H](COC(=O)CCCCCCCCCCCCC(C)C)OC(=O)CCCCCCCCCCCCCCCCC(C)CC)OC(=O)CCCCCCCCCCCCC(C)C. The smallest absolute Gasteiger partial charge is 0.462 e. The zero-order valence-electron chi connectivity index (χ0n) is 59.3. The molecular formula is C72H140O17P2. The predicted octanol–water partition coefficient (Wildman–Crippen LogP) is 20.6. The summed E-state index contributed by atoms with van der Waals surface area (Å²) in [6.45, 7) is 11.9. The fourth-order valence-corrected chi connectivity index (χ4v) is 12.4. The zero-order valence-corrected chi connectivity index (χ0v) is 61.1. The minimum absolute atomic E-state index is 0.105. The number of ether oxygens (including phenoxy) is 4. The molecule has 0 spiro atoms. The van der Waals surface area contributed by atoms with Crippen LogP contribution in [-0.2, 0) is 65.4 Å². The minimum atomic E-state index is -4.95. The van der Waals surface area contributed by atoms with Crippen molar-refractivity contribution in [1.29, 1.82) is 0 Å². The highest BCUT2D eigenvalue weighted by atomic mass is 31.2. The summed E-state index contributed by atoms with van der Waals surface area (Å²) in [5, 5.41) is 10.6. The first-order valence-corrected chi connectivity index (χ1v) is 40.4. The van der Waals surface area contributed by atoms with Gasteiger partial charge in [0.05, 0.1) is 26.4 Å². The molecule has 91 heavy (non-hydrogen) atoms. The summed E-state index contributed by atoms with van der Waals surface area (Å²) < 4.78 is 68.3. The Labute approximate surface area is 556 Å². The lowest BCUT2D eigenvalue weighted by Gasteiger charge is -2.21. The van der Waals surface area contributed by atoms with Gasteiger partial charge in [-0.05, 0) is 43.4 Å². The van der Waals surface area contributed by atoms with E-state index < -0.39 is 97.5 Å². The molecule has 0 rings (SSSR count). The van der Waals surface area contributed by atoms with Gasteiger partial charge in [0.15, 0.2) is 12.2 Å². The summed E-state index contributed by atoms with van der Waals surface area (Å²) in [6, 6.07) is 0. The van der Waals surface area contributed by atoms with E-state index in [2.05, 4.69) is 48.5 Å². The molecule has 0 aromatic heterocycles. The number of carbonyl (C=O) groups excluding carboxylic acids is 4. The number of hydrogen-bond acceptors (Lipinski definition) is 15. The Kier molecular flexibility index (Phi) is 61.5. The molecule has 0 aliphatic carbocycles. The van der Waals surface area contributed by atoms with E-state index in [1.807, 2.05) is 0 Å². The van der Waals surface area contributed by atoms with Gasteiger partial charge in [0, 0.05) is 25.7 Å². The molecule has 0 radical (unpaired) electrons. The molecule has 6 atom stereocenters. The van der Waals surface area contributed by atoms with Crippen molar-refractivity contribution in [3.63, 3.8) is 0 Å². The third-order valence-corrected chi connectivity index (χ3v) is 18.9. The van der Waals surface area contributed by atoms with Crippen LogP contribution in [0.15, 0.2) is 0 Å². The number of unbranched alkanes of at least 4 members (excludes halogenated alkanes) is 37. The molecule has 0 bridgehead atoms. The highest BCUT2D eigenvalue weighted by molar-refractivity contribution is 7.47. The Bertz CT molecular complexity index is 1790. The summed E-state index contributed by atoms with van der Waals surface area (Å²) in [6.07, 6.45) is 47.2. The first-order valence-electron chi connectivity index (χ1n) is 37.4. The van der Waals surface area contributed by atoms with Gasteiger partial charge < -0.3 is 33.8 Å². The fourth-order valence-electron chi connectivity index (χ4n) is 10.9. The maximum Gasteiger partial charge on any atom is 0.472 e. The third-order valence-electron chi connectivity index (χ3n) is 17.0. The summed E-state index contributed by atoms with van der Waals surface area (Å²) in [5.41, 5.74) is 0. The number of carbonyl (C=O) groups is 4. The average molecular weight is 1340 g/mol. The second-order valence-corrected chi connectivity index (χ2v) is 30.1. The normalized spacial score (nSPS) is 14.5. The van der Waals surface area contributed by atoms with Crippen molar-refractivity contribution >= 4 is 39.5 Å². The third kappa shape index (κ3) is 65.1. The molecule has 0 aromatic rings. The monoisotopic (exact) mass is 1340 g/mol. The summed E-state index contributed by atoms with van der Waals surface area (Å²) in [4.78, 5) is 72.5. The van der Waals surface area contributed by atoms with E-state index in [0.29, 0.717) is 25.7 Å². The topological polar surface area (TPSA) is 237 Å². The molecule has 0 amide bonds. The molecule has 0 aromatic carbocycles.